The number of hydrogen-bond donors (Lipinski definition) is 0. The van der Waals surface area contributed by atoms with Gasteiger partial charge in [0.15, 0.2) is 0 Å². The van der Waals surface area contributed by atoms with Crippen LogP contribution in [0.4, 0.5) is 11.4 Å². The van der Waals surface area contributed by atoms with Gasteiger partial charge in [-0.25, -0.2) is 4.79 Å². The quantitative estimate of drug-likeness (QED) is 0.682. The maximum Gasteiger partial charge on any atom is 0.337 e. The topological polar surface area (TPSA) is 45.2 Å². The number of carbonyl (C=O) groups is 1. The van der Waals surface area contributed by atoms with Crippen molar-refractivity contribution in [1.82, 2.24) is 4.90 Å². The van der Waals surface area contributed by atoms with Crippen molar-refractivity contribution >= 4 is 17.3 Å². The average molecular weight is 426 g/mol. The summed E-state index contributed by atoms with van der Waals surface area (Å²) < 4.78 is 10.2. The van der Waals surface area contributed by atoms with E-state index in [0.717, 1.165) is 64.7 Å². The second kappa shape index (κ2) is 11.7. The van der Waals surface area contributed by atoms with Gasteiger partial charge in [-0.3, -0.25) is 4.90 Å². The number of carbonyl (C=O) groups excluding carboxylic acids is 1. The summed E-state index contributed by atoms with van der Waals surface area (Å²) in [6, 6.07) is 16.7. The summed E-state index contributed by atoms with van der Waals surface area (Å²) >= 11 is 0. The van der Waals surface area contributed by atoms with E-state index >= 15 is 0 Å². The van der Waals surface area contributed by atoms with Gasteiger partial charge < -0.3 is 19.3 Å². The van der Waals surface area contributed by atoms with Crippen molar-refractivity contribution in [3.8, 4) is 0 Å². The Morgan fingerprint density at radius 2 is 1.29 bits per heavy atom. The van der Waals surface area contributed by atoms with E-state index in [4.69, 9.17) is 9.47 Å². The molecule has 168 valence electrons. The number of anilines is 2. The normalized spacial score (nSPS) is 17.0. The molecule has 2 aromatic rings. The number of piperazine rings is 1. The molecule has 0 aromatic heterocycles. The zero-order chi connectivity index (χ0) is 22.1. The highest BCUT2D eigenvalue weighted by atomic mass is 16.5. The molecule has 0 saturated carbocycles. The fourth-order valence-electron chi connectivity index (χ4n) is 3.98. The molecular formula is C25H35N3O3. The first-order chi connectivity index (χ1) is 15.2. The summed E-state index contributed by atoms with van der Waals surface area (Å²) in [5, 5.41) is 0. The summed E-state index contributed by atoms with van der Waals surface area (Å²) in [5.41, 5.74) is 4.39. The SMILES string of the molecule is CC.COC(=O)c1ccc(N2CCN(c3ccc(CN4CCOCC4)cc3)CC2)cc1. The Morgan fingerprint density at radius 1 is 0.806 bits per heavy atom. The van der Waals surface area contributed by atoms with Crippen molar-refractivity contribution in [2.45, 2.75) is 20.4 Å². The minimum Gasteiger partial charge on any atom is -0.465 e. The van der Waals surface area contributed by atoms with E-state index in [2.05, 4.69) is 39.0 Å². The average Bonchev–Trinajstić information content (AvgIpc) is 2.86. The molecule has 6 heteroatoms. The first-order valence-electron chi connectivity index (χ1n) is 11.3. The number of methoxy groups -OCH3 is 1. The zero-order valence-corrected chi connectivity index (χ0v) is 19.0. The van der Waals surface area contributed by atoms with Crippen molar-refractivity contribution in [2.75, 3.05) is 69.4 Å². The number of ether oxygens (including phenoxy) is 2. The first-order valence-corrected chi connectivity index (χ1v) is 11.3. The molecule has 4 rings (SSSR count). The van der Waals surface area contributed by atoms with Gasteiger partial charge >= 0.3 is 5.97 Å². The number of rotatable bonds is 5. The summed E-state index contributed by atoms with van der Waals surface area (Å²) in [6.07, 6.45) is 0. The molecule has 0 amide bonds. The molecule has 2 heterocycles. The lowest BCUT2D eigenvalue weighted by atomic mass is 10.1. The summed E-state index contributed by atoms with van der Waals surface area (Å²) in [5.74, 6) is -0.293. The Morgan fingerprint density at radius 3 is 1.77 bits per heavy atom. The van der Waals surface area contributed by atoms with Crippen LogP contribution in [0.25, 0.3) is 0 Å². The lowest BCUT2D eigenvalue weighted by molar-refractivity contribution is 0.0342. The fraction of sp³-hybridized carbons (Fsp3) is 0.480. The predicted octanol–water partition coefficient (Wildman–Crippen LogP) is 3.66. The Hall–Kier alpha value is -2.57. The molecule has 2 fully saturated rings. The van der Waals surface area contributed by atoms with Crippen molar-refractivity contribution in [3.63, 3.8) is 0 Å². The maximum atomic E-state index is 11.6. The molecule has 0 atom stereocenters. The third kappa shape index (κ3) is 6.21. The van der Waals surface area contributed by atoms with Gasteiger partial charge in [0.1, 0.15) is 0 Å². The van der Waals surface area contributed by atoms with Gasteiger partial charge in [-0.1, -0.05) is 26.0 Å². The standard InChI is InChI=1S/C23H29N3O3.C2H6/c1-28-23(27)20-4-8-22(9-5-20)26-12-10-25(11-13-26)21-6-2-19(3-7-21)18-24-14-16-29-17-15-24;1-2/h2-9H,10-18H2,1H3;1-2H3. The predicted molar refractivity (Wildman–Crippen MR) is 126 cm³/mol. The zero-order valence-electron chi connectivity index (χ0n) is 19.0. The largest absolute Gasteiger partial charge is 0.465 e. The van der Waals surface area contributed by atoms with Crippen LogP contribution in [0.5, 0.6) is 0 Å². The Bertz CT molecular complexity index is 794. The number of benzene rings is 2. The van der Waals surface area contributed by atoms with Gasteiger partial charge in [0.05, 0.1) is 25.9 Å². The number of esters is 1. The van der Waals surface area contributed by atoms with Crippen LogP contribution >= 0.6 is 0 Å². The second-order valence-electron chi connectivity index (χ2n) is 7.57. The molecule has 0 aliphatic carbocycles. The van der Waals surface area contributed by atoms with E-state index in [1.54, 1.807) is 0 Å². The third-order valence-electron chi connectivity index (χ3n) is 5.74. The number of morpholine rings is 1. The van der Waals surface area contributed by atoms with Crippen LogP contribution in [0, 0.1) is 0 Å². The molecule has 2 aliphatic rings. The third-order valence-corrected chi connectivity index (χ3v) is 5.74. The molecule has 2 aliphatic heterocycles. The molecule has 6 nitrogen and oxygen atoms in total. The van der Waals surface area contributed by atoms with Crippen molar-refractivity contribution in [1.29, 1.82) is 0 Å². The van der Waals surface area contributed by atoms with E-state index in [-0.39, 0.29) is 5.97 Å². The Labute approximate surface area is 186 Å². The lowest BCUT2D eigenvalue weighted by Crippen LogP contribution is -2.46. The van der Waals surface area contributed by atoms with Gasteiger partial charge in [0.25, 0.3) is 0 Å². The van der Waals surface area contributed by atoms with E-state index in [1.807, 2.05) is 38.1 Å². The lowest BCUT2D eigenvalue weighted by Gasteiger charge is -2.37. The van der Waals surface area contributed by atoms with Crippen molar-refractivity contribution < 1.29 is 14.3 Å². The molecular weight excluding hydrogens is 390 g/mol. The molecule has 0 N–H and O–H groups in total. The summed E-state index contributed by atoms with van der Waals surface area (Å²) in [4.78, 5) is 18.8. The van der Waals surface area contributed by atoms with Gasteiger partial charge in [-0.15, -0.1) is 0 Å². The minimum atomic E-state index is -0.293. The molecule has 2 aromatic carbocycles. The van der Waals surface area contributed by atoms with Crippen molar-refractivity contribution in [2.24, 2.45) is 0 Å². The fourth-order valence-corrected chi connectivity index (χ4v) is 3.98. The van der Waals surface area contributed by atoms with E-state index in [9.17, 15) is 4.79 Å². The van der Waals surface area contributed by atoms with Crippen LogP contribution in [-0.2, 0) is 16.0 Å². The molecule has 0 spiro atoms. The molecule has 0 radical (unpaired) electrons. The smallest absolute Gasteiger partial charge is 0.337 e. The highest BCUT2D eigenvalue weighted by Crippen LogP contribution is 2.22. The molecule has 0 bridgehead atoms. The van der Waals surface area contributed by atoms with Gasteiger partial charge in [-0.2, -0.15) is 0 Å². The van der Waals surface area contributed by atoms with Gasteiger partial charge in [-0.05, 0) is 42.0 Å². The van der Waals surface area contributed by atoms with E-state index in [1.165, 1.54) is 18.4 Å². The van der Waals surface area contributed by atoms with Crippen LogP contribution in [-0.4, -0.2) is 70.5 Å². The van der Waals surface area contributed by atoms with Crippen LogP contribution < -0.4 is 9.80 Å². The monoisotopic (exact) mass is 425 g/mol. The highest BCUT2D eigenvalue weighted by molar-refractivity contribution is 5.89. The van der Waals surface area contributed by atoms with Crippen LogP contribution in [0.1, 0.15) is 29.8 Å². The summed E-state index contributed by atoms with van der Waals surface area (Å²) in [6.45, 7) is 12.6. The number of nitrogens with zero attached hydrogens (tertiary/aromatic N) is 3. The van der Waals surface area contributed by atoms with Crippen LogP contribution in [0.2, 0.25) is 0 Å². The number of hydrogen-bond acceptors (Lipinski definition) is 6. The van der Waals surface area contributed by atoms with E-state index < -0.39 is 0 Å². The Balaban J connectivity index is 0.00000132. The molecule has 2 saturated heterocycles. The molecule has 0 unspecified atom stereocenters. The first kappa shape index (κ1) is 23.1. The Kier molecular flexibility index (Phi) is 8.74. The second-order valence-corrected chi connectivity index (χ2v) is 7.57. The van der Waals surface area contributed by atoms with Crippen molar-refractivity contribution in [3.05, 3.63) is 59.7 Å². The van der Waals surface area contributed by atoms with Crippen LogP contribution in [0.15, 0.2) is 48.5 Å². The van der Waals surface area contributed by atoms with E-state index in [0.29, 0.717) is 5.56 Å². The molecule has 31 heavy (non-hydrogen) atoms. The highest BCUT2D eigenvalue weighted by Gasteiger charge is 2.18. The van der Waals surface area contributed by atoms with Gasteiger partial charge in [0.2, 0.25) is 0 Å². The summed E-state index contributed by atoms with van der Waals surface area (Å²) in [7, 11) is 1.41. The minimum absolute atomic E-state index is 0.293. The van der Waals surface area contributed by atoms with Gasteiger partial charge in [0, 0.05) is 57.2 Å². The maximum absolute atomic E-state index is 11.6. The van der Waals surface area contributed by atoms with Crippen LogP contribution in [0.3, 0.4) is 0 Å².